The van der Waals surface area contributed by atoms with E-state index in [1.165, 1.54) is 0 Å². The molecule has 2 N–H and O–H groups in total. The maximum absolute atomic E-state index is 11.3. The average molecular weight is 285 g/mol. The molecule has 0 bridgehead atoms. The highest BCUT2D eigenvalue weighted by molar-refractivity contribution is 6.30. The fourth-order valence-electron chi connectivity index (χ4n) is 2.27. The van der Waals surface area contributed by atoms with Gasteiger partial charge in [0.15, 0.2) is 5.60 Å². The molecule has 1 aromatic heterocycles. The molecule has 0 aliphatic carbocycles. The van der Waals surface area contributed by atoms with Gasteiger partial charge in [-0.05, 0) is 23.3 Å². The van der Waals surface area contributed by atoms with Crippen molar-refractivity contribution in [1.82, 2.24) is 9.97 Å². The lowest BCUT2D eigenvalue weighted by Crippen LogP contribution is -2.30. The van der Waals surface area contributed by atoms with Crippen LogP contribution in [0.5, 0.6) is 0 Å². The summed E-state index contributed by atoms with van der Waals surface area (Å²) in [5.41, 5.74) is 0.135. The molecule has 0 spiro atoms. The first-order valence-corrected chi connectivity index (χ1v) is 6.63. The predicted molar refractivity (Wildman–Crippen MR) is 78.6 cm³/mol. The second kappa shape index (κ2) is 5.12. The van der Waals surface area contributed by atoms with E-state index in [-0.39, 0.29) is 0 Å². The lowest BCUT2D eigenvalue weighted by Gasteiger charge is -2.27. The Balaban J connectivity index is 2.21. The monoisotopic (exact) mass is 284 g/mol. The van der Waals surface area contributed by atoms with E-state index in [1.54, 1.807) is 36.7 Å². The largest absolute Gasteiger partial charge is 0.373 e. The third kappa shape index (κ3) is 2.11. The van der Waals surface area contributed by atoms with Crippen LogP contribution in [0.1, 0.15) is 17.0 Å². The second-order valence-electron chi connectivity index (χ2n) is 4.52. The highest BCUT2D eigenvalue weighted by Crippen LogP contribution is 2.34. The molecule has 1 heterocycles. The zero-order valence-corrected chi connectivity index (χ0v) is 11.4. The summed E-state index contributed by atoms with van der Waals surface area (Å²) < 4.78 is 0. The van der Waals surface area contributed by atoms with Crippen molar-refractivity contribution in [2.24, 2.45) is 0 Å². The van der Waals surface area contributed by atoms with Crippen molar-refractivity contribution >= 4 is 11.6 Å². The first kappa shape index (κ1) is 12.9. The molecule has 2 aromatic carbocycles. The van der Waals surface area contributed by atoms with E-state index < -0.39 is 5.60 Å². The lowest BCUT2D eigenvalue weighted by atomic mass is 9.85. The van der Waals surface area contributed by atoms with Crippen LogP contribution in [0.3, 0.4) is 0 Å². The number of rotatable bonds is 3. The van der Waals surface area contributed by atoms with Crippen LogP contribution < -0.4 is 0 Å². The molecule has 4 heteroatoms. The van der Waals surface area contributed by atoms with Crippen LogP contribution in [0.15, 0.2) is 67.0 Å². The van der Waals surface area contributed by atoms with E-state index in [0.29, 0.717) is 16.4 Å². The fourth-order valence-corrected chi connectivity index (χ4v) is 2.40. The van der Waals surface area contributed by atoms with E-state index in [9.17, 15) is 5.11 Å². The SMILES string of the molecule is O[C@@](c1ccccc1)(c1ccc(Cl)cc1)c1ncc[nH]1. The minimum Gasteiger partial charge on any atom is -0.373 e. The van der Waals surface area contributed by atoms with Gasteiger partial charge in [0.05, 0.1) is 0 Å². The van der Waals surface area contributed by atoms with Gasteiger partial charge in [-0.15, -0.1) is 0 Å². The minimum absolute atomic E-state index is 0.478. The molecule has 0 saturated carbocycles. The number of imidazole rings is 1. The summed E-state index contributed by atoms with van der Waals surface area (Å²) in [6, 6.07) is 16.6. The highest BCUT2D eigenvalue weighted by Gasteiger charge is 2.36. The topological polar surface area (TPSA) is 48.9 Å². The van der Waals surface area contributed by atoms with Gasteiger partial charge in [-0.3, -0.25) is 0 Å². The smallest absolute Gasteiger partial charge is 0.172 e. The van der Waals surface area contributed by atoms with Crippen molar-refractivity contribution in [2.75, 3.05) is 0 Å². The summed E-state index contributed by atoms with van der Waals surface area (Å²) in [5.74, 6) is 0.478. The van der Waals surface area contributed by atoms with Crippen molar-refractivity contribution < 1.29 is 5.11 Å². The Kier molecular flexibility index (Phi) is 3.30. The van der Waals surface area contributed by atoms with E-state index in [0.717, 1.165) is 5.56 Å². The van der Waals surface area contributed by atoms with Gasteiger partial charge in [-0.2, -0.15) is 0 Å². The Bertz CT molecular complexity index is 680. The van der Waals surface area contributed by atoms with Gasteiger partial charge >= 0.3 is 0 Å². The minimum atomic E-state index is -1.32. The Morgan fingerprint density at radius 1 is 0.950 bits per heavy atom. The number of halogens is 1. The standard InChI is InChI=1S/C16H13ClN2O/c17-14-8-6-13(7-9-14)16(20,15-18-10-11-19-15)12-4-2-1-3-5-12/h1-11,20H,(H,18,19)/t16-/m0/s1. The second-order valence-corrected chi connectivity index (χ2v) is 4.96. The van der Waals surface area contributed by atoms with Crippen LogP contribution in [0, 0.1) is 0 Å². The van der Waals surface area contributed by atoms with Crippen LogP contribution in [0.25, 0.3) is 0 Å². The first-order chi connectivity index (χ1) is 9.71. The number of benzene rings is 2. The summed E-state index contributed by atoms with van der Waals surface area (Å²) in [6.45, 7) is 0. The van der Waals surface area contributed by atoms with Gasteiger partial charge in [-0.25, -0.2) is 4.98 Å². The molecular formula is C16H13ClN2O. The zero-order chi connectivity index (χ0) is 14.0. The van der Waals surface area contributed by atoms with Crippen molar-refractivity contribution in [3.05, 3.63) is 89.0 Å². The number of aromatic amines is 1. The fraction of sp³-hybridized carbons (Fsp3) is 0.0625. The number of H-pyrrole nitrogens is 1. The predicted octanol–water partition coefficient (Wildman–Crippen LogP) is 3.35. The molecule has 20 heavy (non-hydrogen) atoms. The van der Waals surface area contributed by atoms with Gasteiger partial charge in [0.2, 0.25) is 0 Å². The summed E-state index contributed by atoms with van der Waals surface area (Å²) in [5, 5.41) is 11.9. The number of nitrogens with one attached hydrogen (secondary N) is 1. The maximum Gasteiger partial charge on any atom is 0.172 e. The summed E-state index contributed by atoms with van der Waals surface area (Å²) in [6.07, 6.45) is 3.32. The molecule has 0 radical (unpaired) electrons. The summed E-state index contributed by atoms with van der Waals surface area (Å²) in [4.78, 5) is 7.22. The third-order valence-electron chi connectivity index (χ3n) is 3.29. The molecule has 1 atom stereocenters. The molecule has 0 amide bonds. The average Bonchev–Trinajstić information content (AvgIpc) is 3.03. The Hall–Kier alpha value is -2.10. The van der Waals surface area contributed by atoms with Gasteiger partial charge in [0.25, 0.3) is 0 Å². The highest BCUT2D eigenvalue weighted by atomic mass is 35.5. The van der Waals surface area contributed by atoms with Crippen molar-refractivity contribution in [1.29, 1.82) is 0 Å². The van der Waals surface area contributed by atoms with E-state index in [4.69, 9.17) is 11.6 Å². The summed E-state index contributed by atoms with van der Waals surface area (Å²) >= 11 is 5.93. The molecule has 0 saturated heterocycles. The Morgan fingerprint density at radius 3 is 2.20 bits per heavy atom. The van der Waals surface area contributed by atoms with E-state index in [2.05, 4.69) is 9.97 Å². The van der Waals surface area contributed by atoms with Crippen LogP contribution in [-0.4, -0.2) is 15.1 Å². The van der Waals surface area contributed by atoms with E-state index >= 15 is 0 Å². The first-order valence-electron chi connectivity index (χ1n) is 6.25. The van der Waals surface area contributed by atoms with Crippen molar-refractivity contribution in [2.45, 2.75) is 5.60 Å². The van der Waals surface area contributed by atoms with Crippen molar-refractivity contribution in [3.8, 4) is 0 Å². The Morgan fingerprint density at radius 2 is 1.60 bits per heavy atom. The maximum atomic E-state index is 11.3. The van der Waals surface area contributed by atoms with Gasteiger partial charge in [0, 0.05) is 17.4 Å². The molecule has 0 aliphatic heterocycles. The molecular weight excluding hydrogens is 272 g/mol. The number of hydrogen-bond donors (Lipinski definition) is 2. The molecule has 0 aliphatic rings. The molecule has 3 nitrogen and oxygen atoms in total. The van der Waals surface area contributed by atoms with Gasteiger partial charge in [-0.1, -0.05) is 54.1 Å². The normalized spacial score (nSPS) is 13.9. The van der Waals surface area contributed by atoms with Crippen LogP contribution >= 0.6 is 11.6 Å². The lowest BCUT2D eigenvalue weighted by molar-refractivity contribution is 0.116. The van der Waals surface area contributed by atoms with Gasteiger partial charge < -0.3 is 10.1 Å². The third-order valence-corrected chi connectivity index (χ3v) is 3.55. The number of hydrogen-bond acceptors (Lipinski definition) is 2. The van der Waals surface area contributed by atoms with Crippen molar-refractivity contribution in [3.63, 3.8) is 0 Å². The van der Waals surface area contributed by atoms with Crippen LogP contribution in [0.2, 0.25) is 5.02 Å². The molecule has 3 rings (SSSR count). The zero-order valence-electron chi connectivity index (χ0n) is 10.6. The Labute approximate surface area is 121 Å². The molecule has 0 unspecified atom stereocenters. The molecule has 3 aromatic rings. The molecule has 100 valence electrons. The number of nitrogens with zero attached hydrogens (tertiary/aromatic N) is 1. The number of aliphatic hydroxyl groups is 1. The molecule has 0 fully saturated rings. The van der Waals surface area contributed by atoms with Gasteiger partial charge in [0.1, 0.15) is 5.82 Å². The van der Waals surface area contributed by atoms with Crippen LogP contribution in [0.4, 0.5) is 0 Å². The quantitative estimate of drug-likeness (QED) is 0.775. The number of aromatic nitrogens is 2. The summed E-state index contributed by atoms with van der Waals surface area (Å²) in [7, 11) is 0. The van der Waals surface area contributed by atoms with Crippen LogP contribution in [-0.2, 0) is 5.60 Å². The van der Waals surface area contributed by atoms with E-state index in [1.807, 2.05) is 30.3 Å².